The molecule has 102 valence electrons. The summed E-state index contributed by atoms with van der Waals surface area (Å²) in [6, 6.07) is 8.06. The lowest BCUT2D eigenvalue weighted by molar-refractivity contribution is 0.0941. The van der Waals surface area contributed by atoms with Crippen LogP contribution in [0.15, 0.2) is 30.5 Å². The number of hydrogen-bond acceptors (Lipinski definition) is 2. The zero-order valence-electron chi connectivity index (χ0n) is 11.0. The predicted molar refractivity (Wildman–Crippen MR) is 79.8 cm³/mol. The Balaban J connectivity index is 0.00000133. The second-order valence-corrected chi connectivity index (χ2v) is 5.21. The van der Waals surface area contributed by atoms with Gasteiger partial charge in [0.05, 0.1) is 5.52 Å². The third-order valence-electron chi connectivity index (χ3n) is 4.10. The van der Waals surface area contributed by atoms with Crippen molar-refractivity contribution in [2.45, 2.75) is 32.2 Å². The third kappa shape index (κ3) is 2.28. The number of aromatic nitrogens is 1. The van der Waals surface area contributed by atoms with Gasteiger partial charge in [0.1, 0.15) is 0 Å². The number of carbonyl (C=O) groups is 1. The monoisotopic (exact) mass is 278 g/mol. The molecule has 4 heteroatoms. The molecule has 19 heavy (non-hydrogen) atoms. The molecule has 0 unspecified atom stereocenters. The molecule has 1 heterocycles. The summed E-state index contributed by atoms with van der Waals surface area (Å²) >= 11 is 0. The first kappa shape index (κ1) is 14.1. The van der Waals surface area contributed by atoms with E-state index in [-0.39, 0.29) is 24.4 Å². The highest BCUT2D eigenvalue weighted by atomic mass is 35.5. The van der Waals surface area contributed by atoms with Crippen LogP contribution < -0.4 is 5.73 Å². The molecule has 1 saturated carbocycles. The molecule has 1 aromatic heterocycles. The number of hydrogen-bond donors (Lipinski definition) is 1. The molecule has 2 aromatic rings. The van der Waals surface area contributed by atoms with Crippen molar-refractivity contribution >= 4 is 29.2 Å². The number of rotatable bonds is 2. The van der Waals surface area contributed by atoms with Gasteiger partial charge in [0.2, 0.25) is 5.91 Å². The average Bonchev–Trinajstić information content (AvgIpc) is 2.66. The lowest BCUT2D eigenvalue weighted by Crippen LogP contribution is -2.26. The van der Waals surface area contributed by atoms with Crippen molar-refractivity contribution in [3.05, 3.63) is 36.0 Å². The zero-order chi connectivity index (χ0) is 12.7. The van der Waals surface area contributed by atoms with Crippen molar-refractivity contribution in [3.63, 3.8) is 0 Å². The molecule has 1 fully saturated rings. The van der Waals surface area contributed by atoms with Gasteiger partial charge in [-0.25, -0.2) is 0 Å². The first-order chi connectivity index (χ1) is 8.68. The van der Waals surface area contributed by atoms with E-state index in [0.717, 1.165) is 16.5 Å². The highest BCUT2D eigenvalue weighted by Crippen LogP contribution is 2.38. The van der Waals surface area contributed by atoms with Crippen LogP contribution in [0.3, 0.4) is 0 Å². The van der Waals surface area contributed by atoms with E-state index in [1.54, 1.807) is 11.5 Å². The van der Waals surface area contributed by atoms with Crippen molar-refractivity contribution in [3.8, 4) is 0 Å². The summed E-state index contributed by atoms with van der Waals surface area (Å²) < 4.78 is 1.71. The summed E-state index contributed by atoms with van der Waals surface area (Å²) in [5, 5.41) is 1.12. The summed E-state index contributed by atoms with van der Waals surface area (Å²) in [5.74, 6) is 0.620. The molecule has 0 bridgehead atoms. The van der Waals surface area contributed by atoms with Crippen molar-refractivity contribution in [1.29, 1.82) is 0 Å². The van der Waals surface area contributed by atoms with Crippen LogP contribution in [0.2, 0.25) is 0 Å². The molecule has 1 aromatic carbocycles. The van der Waals surface area contributed by atoms with E-state index < -0.39 is 0 Å². The molecule has 1 aliphatic rings. The van der Waals surface area contributed by atoms with Crippen molar-refractivity contribution < 1.29 is 4.79 Å². The Morgan fingerprint density at radius 2 is 2.05 bits per heavy atom. The maximum absolute atomic E-state index is 11.7. The zero-order valence-corrected chi connectivity index (χ0v) is 11.8. The van der Waals surface area contributed by atoms with E-state index in [0.29, 0.717) is 5.92 Å². The predicted octanol–water partition coefficient (Wildman–Crippen LogP) is 3.52. The van der Waals surface area contributed by atoms with E-state index in [4.69, 9.17) is 5.73 Å². The number of benzene rings is 1. The second-order valence-electron chi connectivity index (χ2n) is 5.21. The van der Waals surface area contributed by atoms with Gasteiger partial charge >= 0.3 is 0 Å². The van der Waals surface area contributed by atoms with Gasteiger partial charge in [-0.05, 0) is 30.4 Å². The van der Waals surface area contributed by atoms with Gasteiger partial charge < -0.3 is 5.73 Å². The Kier molecular flexibility index (Phi) is 3.97. The molecule has 0 amide bonds. The standard InChI is InChI=1S/C15H18N2O.ClH/c1-10(18)17-9-13(15(16)11-5-4-6-11)12-7-2-3-8-14(12)17;/h2-3,7-9,11,15H,4-6,16H2,1H3;1H/t15-;/m1./s1. The summed E-state index contributed by atoms with van der Waals surface area (Å²) in [7, 11) is 0. The lowest BCUT2D eigenvalue weighted by Gasteiger charge is -2.31. The van der Waals surface area contributed by atoms with E-state index in [9.17, 15) is 4.79 Å². The molecule has 0 saturated heterocycles. The topological polar surface area (TPSA) is 48.0 Å². The molecule has 3 rings (SSSR count). The molecular formula is C15H19ClN2O. The van der Waals surface area contributed by atoms with Crippen LogP contribution >= 0.6 is 12.4 Å². The maximum atomic E-state index is 11.7. The molecule has 0 radical (unpaired) electrons. The Hall–Kier alpha value is -1.32. The summed E-state index contributed by atoms with van der Waals surface area (Å²) in [5.41, 5.74) is 8.44. The average molecular weight is 279 g/mol. The fourth-order valence-corrected chi connectivity index (χ4v) is 2.79. The number of nitrogens with zero attached hydrogens (tertiary/aromatic N) is 1. The van der Waals surface area contributed by atoms with Gasteiger partial charge in [-0.2, -0.15) is 0 Å². The lowest BCUT2D eigenvalue weighted by atomic mass is 9.77. The minimum Gasteiger partial charge on any atom is -0.324 e. The van der Waals surface area contributed by atoms with E-state index in [1.165, 1.54) is 19.3 Å². The minimum atomic E-state index is 0. The maximum Gasteiger partial charge on any atom is 0.227 e. The summed E-state index contributed by atoms with van der Waals surface area (Å²) in [6.45, 7) is 1.59. The van der Waals surface area contributed by atoms with Crippen molar-refractivity contribution in [1.82, 2.24) is 4.57 Å². The van der Waals surface area contributed by atoms with E-state index in [2.05, 4.69) is 6.07 Å². The minimum absolute atomic E-state index is 0. The quantitative estimate of drug-likeness (QED) is 0.914. The fourth-order valence-electron chi connectivity index (χ4n) is 2.79. The molecular weight excluding hydrogens is 260 g/mol. The number of halogens is 1. The normalized spacial score (nSPS) is 16.7. The van der Waals surface area contributed by atoms with Crippen LogP contribution in [0.25, 0.3) is 10.9 Å². The van der Waals surface area contributed by atoms with Crippen LogP contribution in [-0.4, -0.2) is 10.5 Å². The van der Waals surface area contributed by atoms with Crippen LogP contribution in [0.1, 0.15) is 42.6 Å². The molecule has 1 atom stereocenters. The molecule has 3 nitrogen and oxygen atoms in total. The highest BCUT2D eigenvalue weighted by Gasteiger charge is 2.28. The Labute approximate surface area is 119 Å². The Morgan fingerprint density at radius 3 is 2.63 bits per heavy atom. The van der Waals surface area contributed by atoms with E-state index >= 15 is 0 Å². The van der Waals surface area contributed by atoms with Gasteiger partial charge in [-0.15, -0.1) is 12.4 Å². The first-order valence-corrected chi connectivity index (χ1v) is 6.55. The van der Waals surface area contributed by atoms with Crippen LogP contribution in [0, 0.1) is 5.92 Å². The van der Waals surface area contributed by atoms with Gasteiger partial charge in [-0.3, -0.25) is 9.36 Å². The van der Waals surface area contributed by atoms with Gasteiger partial charge in [0.25, 0.3) is 0 Å². The number of carbonyl (C=O) groups excluding carboxylic acids is 1. The summed E-state index contributed by atoms with van der Waals surface area (Å²) in [4.78, 5) is 11.7. The Bertz CT molecular complexity index is 601. The molecule has 2 N–H and O–H groups in total. The molecule has 0 aliphatic heterocycles. The number of fused-ring (bicyclic) bond motifs is 1. The van der Waals surface area contributed by atoms with Gasteiger partial charge in [0.15, 0.2) is 0 Å². The number of nitrogens with two attached hydrogens (primary N) is 1. The van der Waals surface area contributed by atoms with Crippen LogP contribution in [0.4, 0.5) is 0 Å². The molecule has 1 aliphatic carbocycles. The van der Waals surface area contributed by atoms with Gasteiger partial charge in [-0.1, -0.05) is 24.6 Å². The molecule has 0 spiro atoms. The highest BCUT2D eigenvalue weighted by molar-refractivity contribution is 5.93. The smallest absolute Gasteiger partial charge is 0.227 e. The SMILES string of the molecule is CC(=O)n1cc([C@H](N)C2CCC2)c2ccccc21.Cl. The number of para-hydroxylation sites is 1. The first-order valence-electron chi connectivity index (χ1n) is 6.55. The largest absolute Gasteiger partial charge is 0.324 e. The fraction of sp³-hybridized carbons (Fsp3) is 0.400. The van der Waals surface area contributed by atoms with Crippen LogP contribution in [-0.2, 0) is 0 Å². The van der Waals surface area contributed by atoms with Crippen molar-refractivity contribution in [2.75, 3.05) is 0 Å². The third-order valence-corrected chi connectivity index (χ3v) is 4.10. The van der Waals surface area contributed by atoms with Gasteiger partial charge in [0, 0.05) is 24.5 Å². The Morgan fingerprint density at radius 1 is 1.37 bits per heavy atom. The second kappa shape index (κ2) is 5.35. The van der Waals surface area contributed by atoms with Crippen LogP contribution in [0.5, 0.6) is 0 Å². The summed E-state index contributed by atoms with van der Waals surface area (Å²) in [6.07, 6.45) is 5.63. The van der Waals surface area contributed by atoms with Crippen molar-refractivity contribution in [2.24, 2.45) is 11.7 Å². The van der Waals surface area contributed by atoms with E-state index in [1.807, 2.05) is 24.4 Å².